The van der Waals surface area contributed by atoms with Crippen molar-refractivity contribution in [3.8, 4) is 0 Å². The summed E-state index contributed by atoms with van der Waals surface area (Å²) in [5.74, 6) is -4.85. The van der Waals surface area contributed by atoms with E-state index < -0.39 is 67.9 Å². The first-order chi connectivity index (χ1) is 25.7. The van der Waals surface area contributed by atoms with Gasteiger partial charge in [0.15, 0.2) is 0 Å². The summed E-state index contributed by atoms with van der Waals surface area (Å²) >= 11 is -5.25. The molecule has 0 bridgehead atoms. The number of unbranched alkanes of at least 4 members (excludes halogenated alkanes) is 2. The van der Waals surface area contributed by atoms with Crippen molar-refractivity contribution in [2.75, 3.05) is 22.9 Å². The van der Waals surface area contributed by atoms with E-state index in [9.17, 15) is 9.59 Å². The zero-order valence-electron chi connectivity index (χ0n) is 29.8. The van der Waals surface area contributed by atoms with Crippen LogP contribution in [0.3, 0.4) is 0 Å². The summed E-state index contributed by atoms with van der Waals surface area (Å²) in [7, 11) is 0. The average molecular weight is 755 g/mol. The first kappa shape index (κ1) is 38.0. The zero-order chi connectivity index (χ0) is 37.5. The van der Waals surface area contributed by atoms with E-state index in [1.165, 1.54) is 21.9 Å². The van der Waals surface area contributed by atoms with Crippen LogP contribution < -0.4 is 17.5 Å². The second-order valence-electron chi connectivity index (χ2n) is 13.3. The minimum absolute atomic E-state index is 0.144. The third-order valence-electron chi connectivity index (χ3n) is 10.1. The number of nitrogens with zero attached hydrogens (tertiary/aromatic N) is 2. The van der Waals surface area contributed by atoms with E-state index in [1.54, 1.807) is 109 Å². The van der Waals surface area contributed by atoms with Gasteiger partial charge in [-0.3, -0.25) is 0 Å². The van der Waals surface area contributed by atoms with Crippen molar-refractivity contribution in [2.24, 2.45) is 0 Å². The molecule has 4 aromatic carbocycles. The molecule has 2 amide bonds. The Labute approximate surface area is 312 Å². The van der Waals surface area contributed by atoms with Gasteiger partial charge in [-0.05, 0) is 0 Å². The van der Waals surface area contributed by atoms with Crippen LogP contribution in [0.2, 0.25) is 8.45 Å². The number of halogens is 4. The van der Waals surface area contributed by atoms with Crippen LogP contribution in [0.25, 0.3) is 0 Å². The first-order valence-electron chi connectivity index (χ1n) is 18.2. The molecule has 2 aliphatic carbocycles. The summed E-state index contributed by atoms with van der Waals surface area (Å²) in [6, 6.07) is 21.6. The number of allylic oxidation sites excluding steroid dienone is 8. The molecule has 9 heteroatoms. The molecule has 2 aliphatic rings. The van der Waals surface area contributed by atoms with Gasteiger partial charge in [0.2, 0.25) is 0 Å². The molecule has 0 atom stereocenters. The summed E-state index contributed by atoms with van der Waals surface area (Å²) in [6.45, 7) is 4.18. The Morgan fingerprint density at radius 2 is 0.906 bits per heavy atom. The number of anilines is 2. The van der Waals surface area contributed by atoms with Gasteiger partial charge in [-0.1, -0.05) is 0 Å². The number of hydrogen-bond donors (Lipinski definition) is 0. The number of rotatable bonds is 14. The second-order valence-corrected chi connectivity index (χ2v) is 19.7. The molecule has 53 heavy (non-hydrogen) atoms. The number of carbonyl (C=O) groups is 2. The van der Waals surface area contributed by atoms with Crippen molar-refractivity contribution >= 4 is 30.9 Å². The molecule has 0 heterocycles. The summed E-state index contributed by atoms with van der Waals surface area (Å²) < 4.78 is 67.1. The molecule has 4 aromatic rings. The molecule has 0 aromatic heterocycles. The second kappa shape index (κ2) is 16.9. The van der Waals surface area contributed by atoms with Crippen LogP contribution in [-0.2, 0) is 16.6 Å². The van der Waals surface area contributed by atoms with E-state index >= 15 is 17.6 Å². The summed E-state index contributed by atoms with van der Waals surface area (Å²) in [5.41, 5.74) is 0.336. The van der Waals surface area contributed by atoms with Crippen molar-refractivity contribution in [1.82, 2.24) is 0 Å². The Balaban J connectivity index is 1.65. The normalized spacial score (nSPS) is 14.0. The van der Waals surface area contributed by atoms with E-state index in [-0.39, 0.29) is 24.5 Å². The molecule has 6 rings (SSSR count). The molecular weight excluding hydrogens is 712 g/mol. The Morgan fingerprint density at radius 3 is 1.25 bits per heavy atom. The van der Waals surface area contributed by atoms with Crippen LogP contribution in [0.1, 0.15) is 60.2 Å². The summed E-state index contributed by atoms with van der Waals surface area (Å²) in [5, 5.41) is 0. The van der Waals surface area contributed by atoms with E-state index in [0.29, 0.717) is 36.8 Å². The molecular formula is C44H42F4N2O2Ti. The van der Waals surface area contributed by atoms with Gasteiger partial charge in [0.05, 0.1) is 0 Å². The molecule has 272 valence electrons. The molecule has 0 unspecified atom stereocenters. The summed E-state index contributed by atoms with van der Waals surface area (Å²) in [4.78, 5) is 30.6. The fourth-order valence-electron chi connectivity index (χ4n) is 7.51. The van der Waals surface area contributed by atoms with Gasteiger partial charge in [0.25, 0.3) is 0 Å². The topological polar surface area (TPSA) is 40.6 Å². The zero-order valence-corrected chi connectivity index (χ0v) is 31.4. The molecule has 0 spiro atoms. The fraction of sp³-hybridized carbons (Fsp3) is 0.227. The summed E-state index contributed by atoms with van der Waals surface area (Å²) in [6.07, 6.45) is 16.4. The minimum atomic E-state index is -5.25. The van der Waals surface area contributed by atoms with Gasteiger partial charge in [0, 0.05) is 0 Å². The van der Waals surface area contributed by atoms with Gasteiger partial charge in [-0.15, -0.1) is 0 Å². The van der Waals surface area contributed by atoms with E-state index in [0.717, 1.165) is 12.1 Å². The fourth-order valence-corrected chi connectivity index (χ4v) is 16.3. The van der Waals surface area contributed by atoms with Crippen molar-refractivity contribution < 1.29 is 43.7 Å². The first-order valence-corrected chi connectivity index (χ1v) is 21.5. The Bertz CT molecular complexity index is 1910. The molecule has 0 fully saturated rings. The Kier molecular flexibility index (Phi) is 12.1. The standard InChI is InChI=1S/2C17H16F2NO.2C5H5.Ti/c2*1-2-3-11-20(16-10-9-14(18)12-15(16)19)17(21)13-7-5-4-6-8-13;2*1-2-4-5-3-1;/h2*4-10H,2-3,11H2,1H3;2*1-5H;. The van der Waals surface area contributed by atoms with Gasteiger partial charge in [-0.25, -0.2) is 0 Å². The maximum absolute atomic E-state index is 17.8. The van der Waals surface area contributed by atoms with E-state index in [2.05, 4.69) is 0 Å². The third kappa shape index (κ3) is 7.27. The van der Waals surface area contributed by atoms with Crippen molar-refractivity contribution in [1.29, 1.82) is 0 Å². The number of amides is 2. The monoisotopic (exact) mass is 754 g/mol. The molecule has 0 radical (unpaired) electrons. The Morgan fingerprint density at radius 1 is 0.547 bits per heavy atom. The van der Waals surface area contributed by atoms with Crippen LogP contribution in [-0.4, -0.2) is 24.9 Å². The maximum atomic E-state index is 17.8. The number of carbonyl (C=O) groups excluding carboxylic acids is 2. The van der Waals surface area contributed by atoms with Crippen molar-refractivity contribution in [3.63, 3.8) is 0 Å². The predicted octanol–water partition coefficient (Wildman–Crippen LogP) is 10.1. The van der Waals surface area contributed by atoms with Gasteiger partial charge < -0.3 is 0 Å². The van der Waals surface area contributed by atoms with Crippen LogP contribution in [0.4, 0.5) is 28.9 Å². The van der Waals surface area contributed by atoms with Gasteiger partial charge >= 0.3 is 313 Å². The number of hydrogen-bond acceptors (Lipinski definition) is 2. The molecule has 0 aliphatic heterocycles. The molecule has 0 saturated heterocycles. The SMILES string of the molecule is CCCCN(C(=O)c1ccccc1)c1ccc(F)[c]([Ti]([c]2c(F)ccc(N(CCCC)C(=O)c3ccccc3)c2F)([CH]2C=CC=C2)[CH]2C=CC=C2)c1F. The van der Waals surface area contributed by atoms with Crippen LogP contribution >= 0.6 is 0 Å². The van der Waals surface area contributed by atoms with Crippen LogP contribution in [0, 0.1) is 23.3 Å². The average Bonchev–Trinajstić information content (AvgIpc) is 3.93. The Hall–Kier alpha value is -4.79. The van der Waals surface area contributed by atoms with Crippen LogP contribution in [0.15, 0.2) is 134 Å². The number of benzene rings is 4. The predicted molar refractivity (Wildman–Crippen MR) is 202 cm³/mol. The molecule has 0 N–H and O–H groups in total. The molecule has 0 saturated carbocycles. The molecule has 4 nitrogen and oxygen atoms in total. The van der Waals surface area contributed by atoms with Crippen molar-refractivity contribution in [2.45, 2.75) is 48.0 Å². The van der Waals surface area contributed by atoms with Crippen molar-refractivity contribution in [3.05, 3.63) is 168 Å². The van der Waals surface area contributed by atoms with E-state index in [1.807, 2.05) is 13.8 Å². The van der Waals surface area contributed by atoms with Crippen LogP contribution in [0.5, 0.6) is 0 Å². The quantitative estimate of drug-likeness (QED) is 0.0951. The van der Waals surface area contributed by atoms with E-state index in [4.69, 9.17) is 0 Å². The van der Waals surface area contributed by atoms with Gasteiger partial charge in [0.1, 0.15) is 0 Å². The third-order valence-corrected chi connectivity index (χ3v) is 18.6. The van der Waals surface area contributed by atoms with Gasteiger partial charge in [-0.2, -0.15) is 0 Å².